The predicted octanol–water partition coefficient (Wildman–Crippen LogP) is 1.95. The van der Waals surface area contributed by atoms with Crippen LogP contribution >= 0.6 is 0 Å². The predicted molar refractivity (Wildman–Crippen MR) is 76.0 cm³/mol. The third-order valence-electron chi connectivity index (χ3n) is 4.00. The summed E-state index contributed by atoms with van der Waals surface area (Å²) in [5.41, 5.74) is 1.43. The monoisotopic (exact) mass is 293 g/mol. The number of cyclic esters (lactones) is 1. The number of ether oxygens (including phenoxy) is 1. The number of benzene rings is 2. The van der Waals surface area contributed by atoms with Crippen molar-refractivity contribution in [3.63, 3.8) is 0 Å². The van der Waals surface area contributed by atoms with Crippen molar-refractivity contribution in [2.75, 3.05) is 0 Å². The fourth-order valence-corrected chi connectivity index (χ4v) is 2.90. The summed E-state index contributed by atoms with van der Waals surface area (Å²) in [6, 6.07) is 14.8. The van der Waals surface area contributed by atoms with E-state index < -0.39 is 29.9 Å². The van der Waals surface area contributed by atoms with Gasteiger partial charge in [-0.1, -0.05) is 42.5 Å². The van der Waals surface area contributed by atoms with Gasteiger partial charge in [-0.2, -0.15) is 0 Å². The maximum atomic E-state index is 12.5. The molecule has 0 radical (unpaired) electrons. The van der Waals surface area contributed by atoms with Crippen LogP contribution in [0.2, 0.25) is 0 Å². The van der Waals surface area contributed by atoms with Crippen molar-refractivity contribution >= 4 is 17.8 Å². The maximum Gasteiger partial charge on any atom is 0.334 e. The third-order valence-corrected chi connectivity index (χ3v) is 4.00. The van der Waals surface area contributed by atoms with Gasteiger partial charge >= 0.3 is 5.97 Å². The summed E-state index contributed by atoms with van der Waals surface area (Å²) in [5, 5.41) is 0. The van der Waals surface area contributed by atoms with Gasteiger partial charge in [-0.05, 0) is 17.7 Å². The lowest BCUT2D eigenvalue weighted by Crippen LogP contribution is -2.57. The van der Waals surface area contributed by atoms with Gasteiger partial charge in [0.2, 0.25) is 0 Å². The molecular weight excluding hydrogens is 282 g/mol. The minimum atomic E-state index is -0.894. The van der Waals surface area contributed by atoms with Crippen LogP contribution < -0.4 is 0 Å². The van der Waals surface area contributed by atoms with Crippen molar-refractivity contribution in [3.8, 4) is 0 Å². The van der Waals surface area contributed by atoms with Crippen LogP contribution in [0.3, 0.4) is 0 Å². The molecule has 0 bridgehead atoms. The molecular formula is C17H11NO4. The number of fused-ring (bicyclic) bond motifs is 1. The first-order valence-corrected chi connectivity index (χ1v) is 6.91. The van der Waals surface area contributed by atoms with E-state index in [4.69, 9.17) is 4.74 Å². The second-order valence-corrected chi connectivity index (χ2v) is 5.24. The maximum absolute atomic E-state index is 12.5. The summed E-state index contributed by atoms with van der Waals surface area (Å²) in [6.45, 7) is 0. The topological polar surface area (TPSA) is 63.7 Å². The van der Waals surface area contributed by atoms with Gasteiger partial charge in [0.05, 0.1) is 11.1 Å². The highest BCUT2D eigenvalue weighted by molar-refractivity contribution is 6.23. The van der Waals surface area contributed by atoms with Crippen LogP contribution in [0, 0.1) is 0 Å². The molecule has 2 atom stereocenters. The van der Waals surface area contributed by atoms with E-state index in [0.29, 0.717) is 11.1 Å². The lowest BCUT2D eigenvalue weighted by atomic mass is 9.96. The Kier molecular flexibility index (Phi) is 2.63. The molecule has 0 aromatic heterocycles. The molecule has 5 heteroatoms. The van der Waals surface area contributed by atoms with Crippen molar-refractivity contribution in [3.05, 3.63) is 71.3 Å². The van der Waals surface area contributed by atoms with E-state index >= 15 is 0 Å². The van der Waals surface area contributed by atoms with Gasteiger partial charge in [-0.25, -0.2) is 4.79 Å². The Morgan fingerprint density at radius 1 is 0.773 bits per heavy atom. The second kappa shape index (κ2) is 4.53. The molecule has 1 saturated heterocycles. The zero-order chi connectivity index (χ0) is 15.3. The molecule has 108 valence electrons. The summed E-state index contributed by atoms with van der Waals surface area (Å²) in [7, 11) is 0. The Hall–Kier alpha value is -2.95. The molecule has 2 amide bonds. The highest BCUT2D eigenvalue weighted by Gasteiger charge is 2.54. The number of hydrogen-bond donors (Lipinski definition) is 0. The first-order valence-electron chi connectivity index (χ1n) is 6.91. The summed E-state index contributed by atoms with van der Waals surface area (Å²) < 4.78 is 5.16. The second-order valence-electron chi connectivity index (χ2n) is 5.24. The van der Waals surface area contributed by atoms with E-state index in [1.807, 2.05) is 30.3 Å². The van der Waals surface area contributed by atoms with Crippen LogP contribution in [0.1, 0.15) is 32.4 Å². The van der Waals surface area contributed by atoms with Crippen LogP contribution in [0.25, 0.3) is 0 Å². The molecule has 2 aromatic rings. The summed E-state index contributed by atoms with van der Waals surface area (Å²) in [4.78, 5) is 37.8. The minimum absolute atomic E-state index is 0.332. The Morgan fingerprint density at radius 3 is 1.86 bits per heavy atom. The zero-order valence-electron chi connectivity index (χ0n) is 11.4. The number of amides is 2. The number of carbonyl (C=O) groups is 3. The summed E-state index contributed by atoms with van der Waals surface area (Å²) in [5.74, 6) is -1.44. The lowest BCUT2D eigenvalue weighted by molar-refractivity contribution is -0.183. The van der Waals surface area contributed by atoms with Gasteiger partial charge in [0.15, 0.2) is 12.1 Å². The van der Waals surface area contributed by atoms with Crippen molar-refractivity contribution in [1.29, 1.82) is 0 Å². The van der Waals surface area contributed by atoms with Crippen molar-refractivity contribution in [2.45, 2.75) is 12.1 Å². The fraction of sp³-hybridized carbons (Fsp3) is 0.118. The van der Waals surface area contributed by atoms with E-state index in [0.717, 1.165) is 10.5 Å². The lowest BCUT2D eigenvalue weighted by Gasteiger charge is -2.39. The van der Waals surface area contributed by atoms with Crippen molar-refractivity contribution < 1.29 is 19.1 Å². The third kappa shape index (κ3) is 1.62. The molecule has 2 aromatic carbocycles. The normalized spacial score (nSPS) is 23.1. The molecule has 1 fully saturated rings. The molecule has 2 aliphatic heterocycles. The first-order chi connectivity index (χ1) is 10.7. The van der Waals surface area contributed by atoms with E-state index in [1.54, 1.807) is 24.3 Å². The molecule has 0 aliphatic carbocycles. The number of hydrogen-bond acceptors (Lipinski definition) is 4. The van der Waals surface area contributed by atoms with E-state index in [-0.39, 0.29) is 0 Å². The Bertz CT molecular complexity index is 764. The molecule has 0 saturated carbocycles. The number of nitrogens with zero attached hydrogens (tertiary/aromatic N) is 1. The van der Waals surface area contributed by atoms with Crippen LogP contribution in [-0.2, 0) is 9.53 Å². The quantitative estimate of drug-likeness (QED) is 0.627. The smallest absolute Gasteiger partial charge is 0.334 e. The Labute approximate surface area is 126 Å². The molecule has 2 aliphatic rings. The molecule has 4 rings (SSSR count). The summed E-state index contributed by atoms with van der Waals surface area (Å²) in [6.07, 6.45) is -0.601. The van der Waals surface area contributed by atoms with Gasteiger partial charge in [-0.3, -0.25) is 14.5 Å². The first kappa shape index (κ1) is 12.8. The highest BCUT2D eigenvalue weighted by Crippen LogP contribution is 2.38. The Balaban J connectivity index is 1.72. The van der Waals surface area contributed by atoms with Crippen LogP contribution in [0.4, 0.5) is 0 Å². The van der Waals surface area contributed by atoms with Crippen molar-refractivity contribution in [2.24, 2.45) is 0 Å². The van der Waals surface area contributed by atoms with E-state index in [1.165, 1.54) is 0 Å². The molecule has 5 nitrogen and oxygen atoms in total. The van der Waals surface area contributed by atoms with Gasteiger partial charge in [0.25, 0.3) is 11.8 Å². The molecule has 22 heavy (non-hydrogen) atoms. The van der Waals surface area contributed by atoms with Crippen LogP contribution in [0.5, 0.6) is 0 Å². The average molecular weight is 293 g/mol. The number of rotatable bonds is 2. The molecule has 0 N–H and O–H groups in total. The van der Waals surface area contributed by atoms with E-state index in [2.05, 4.69) is 0 Å². The number of esters is 1. The van der Waals surface area contributed by atoms with Crippen LogP contribution in [-0.4, -0.2) is 28.7 Å². The van der Waals surface area contributed by atoms with Gasteiger partial charge < -0.3 is 4.74 Å². The van der Waals surface area contributed by atoms with E-state index in [9.17, 15) is 14.4 Å². The largest absolute Gasteiger partial charge is 0.453 e. The SMILES string of the molecule is O=C1O[C@@H](c2ccccc2)[C@@H]1N1C(=O)c2ccccc2C1=O. The number of carbonyl (C=O) groups excluding carboxylic acids is 3. The van der Waals surface area contributed by atoms with Crippen LogP contribution in [0.15, 0.2) is 54.6 Å². The van der Waals surface area contributed by atoms with Gasteiger partial charge in [0.1, 0.15) is 0 Å². The average Bonchev–Trinajstić information content (AvgIpc) is 2.79. The fourth-order valence-electron chi connectivity index (χ4n) is 2.90. The standard InChI is InChI=1S/C17H11NO4/c19-15-11-8-4-5-9-12(11)16(20)18(15)13-14(22-17(13)21)10-6-2-1-3-7-10/h1-9,13-14H/t13-,14-/m0/s1. The number of imide groups is 1. The van der Waals surface area contributed by atoms with Gasteiger partial charge in [-0.15, -0.1) is 0 Å². The minimum Gasteiger partial charge on any atom is -0.453 e. The highest BCUT2D eigenvalue weighted by atomic mass is 16.6. The van der Waals surface area contributed by atoms with Crippen molar-refractivity contribution in [1.82, 2.24) is 4.90 Å². The summed E-state index contributed by atoms with van der Waals surface area (Å²) >= 11 is 0. The Morgan fingerprint density at radius 2 is 1.32 bits per heavy atom. The molecule has 0 unspecified atom stereocenters. The molecule has 0 spiro atoms. The molecule has 2 heterocycles. The zero-order valence-corrected chi connectivity index (χ0v) is 11.4. The van der Waals surface area contributed by atoms with Gasteiger partial charge in [0, 0.05) is 0 Å².